The molecule has 1 aliphatic rings. The average molecular weight is 385 g/mol. The Hall–Kier alpha value is -2.11. The number of benzene rings is 1. The standard InChI is InChI=1S/C21H25ClN4O/c1-14(27)11-15-5-7-18(8-6-15)24-20-9-10-26-21(25-20)19(13-23-26)16-3-2-4-17(22)12-16/h2-4,9-10,12-15,18,27H,5-8,11H2,1H3,(H,24,25)/t14?,15-,18-. The normalized spacial score (nSPS) is 21.3. The van der Waals surface area contributed by atoms with Gasteiger partial charge < -0.3 is 10.4 Å². The van der Waals surface area contributed by atoms with Crippen LogP contribution in [-0.2, 0) is 0 Å². The van der Waals surface area contributed by atoms with Gasteiger partial charge in [-0.2, -0.15) is 5.10 Å². The first-order valence-corrected chi connectivity index (χ1v) is 10.0. The SMILES string of the molecule is CC(O)C[C@H]1CC[C@H](Nc2ccn3ncc(-c4cccc(Cl)c4)c3n2)CC1. The van der Waals surface area contributed by atoms with Crippen molar-refractivity contribution >= 4 is 23.1 Å². The molecule has 1 fully saturated rings. The van der Waals surface area contributed by atoms with Crippen LogP contribution in [0.1, 0.15) is 39.0 Å². The van der Waals surface area contributed by atoms with Crippen molar-refractivity contribution in [2.75, 3.05) is 5.32 Å². The number of rotatable bonds is 5. The Morgan fingerprint density at radius 2 is 2.07 bits per heavy atom. The minimum absolute atomic E-state index is 0.199. The number of nitrogens with zero attached hydrogens (tertiary/aromatic N) is 3. The van der Waals surface area contributed by atoms with Gasteiger partial charge in [0.15, 0.2) is 5.65 Å². The maximum atomic E-state index is 9.58. The van der Waals surface area contributed by atoms with E-state index in [0.29, 0.717) is 17.0 Å². The van der Waals surface area contributed by atoms with Gasteiger partial charge in [-0.25, -0.2) is 9.50 Å². The van der Waals surface area contributed by atoms with Crippen molar-refractivity contribution in [1.82, 2.24) is 14.6 Å². The van der Waals surface area contributed by atoms with Gasteiger partial charge in [0.1, 0.15) is 5.82 Å². The summed E-state index contributed by atoms with van der Waals surface area (Å²) in [4.78, 5) is 4.81. The molecule has 2 heterocycles. The molecule has 6 heteroatoms. The molecule has 1 saturated carbocycles. The van der Waals surface area contributed by atoms with E-state index in [1.165, 1.54) is 0 Å². The molecule has 1 aromatic carbocycles. The monoisotopic (exact) mass is 384 g/mol. The molecule has 0 amide bonds. The Balaban J connectivity index is 1.50. The van der Waals surface area contributed by atoms with Crippen LogP contribution in [0.3, 0.4) is 0 Å². The van der Waals surface area contributed by atoms with Crippen LogP contribution in [0.4, 0.5) is 5.82 Å². The van der Waals surface area contributed by atoms with Crippen LogP contribution in [0.15, 0.2) is 42.7 Å². The molecule has 5 nitrogen and oxygen atoms in total. The van der Waals surface area contributed by atoms with E-state index in [1.807, 2.05) is 49.6 Å². The van der Waals surface area contributed by atoms with Crippen LogP contribution < -0.4 is 5.32 Å². The van der Waals surface area contributed by atoms with Crippen LogP contribution in [0.25, 0.3) is 16.8 Å². The molecular formula is C21H25ClN4O. The molecule has 1 atom stereocenters. The van der Waals surface area contributed by atoms with Crippen molar-refractivity contribution in [3.63, 3.8) is 0 Å². The number of nitrogens with one attached hydrogen (secondary N) is 1. The Labute approximate surface area is 164 Å². The van der Waals surface area contributed by atoms with Crippen LogP contribution in [0.5, 0.6) is 0 Å². The largest absolute Gasteiger partial charge is 0.393 e. The number of anilines is 1. The number of halogens is 1. The lowest BCUT2D eigenvalue weighted by molar-refractivity contribution is 0.145. The molecule has 0 radical (unpaired) electrons. The molecule has 0 aliphatic heterocycles. The van der Waals surface area contributed by atoms with E-state index in [9.17, 15) is 5.11 Å². The molecule has 27 heavy (non-hydrogen) atoms. The second-order valence-electron chi connectivity index (χ2n) is 7.60. The summed E-state index contributed by atoms with van der Waals surface area (Å²) in [6.45, 7) is 1.88. The number of aliphatic hydroxyl groups excluding tert-OH is 1. The number of hydrogen-bond acceptors (Lipinski definition) is 4. The summed E-state index contributed by atoms with van der Waals surface area (Å²) in [5.41, 5.74) is 2.81. The third kappa shape index (κ3) is 4.25. The summed E-state index contributed by atoms with van der Waals surface area (Å²) < 4.78 is 1.79. The second-order valence-corrected chi connectivity index (χ2v) is 8.03. The Kier molecular flexibility index (Phi) is 5.32. The van der Waals surface area contributed by atoms with Gasteiger partial charge >= 0.3 is 0 Å². The van der Waals surface area contributed by atoms with E-state index in [1.54, 1.807) is 4.52 Å². The predicted molar refractivity (Wildman–Crippen MR) is 109 cm³/mol. The summed E-state index contributed by atoms with van der Waals surface area (Å²) in [6.07, 6.45) is 9.04. The molecule has 1 aliphatic carbocycles. The fourth-order valence-corrected chi connectivity index (χ4v) is 4.23. The first-order chi connectivity index (χ1) is 13.1. The van der Waals surface area contributed by atoms with Crippen LogP contribution >= 0.6 is 11.6 Å². The molecule has 2 N–H and O–H groups in total. The predicted octanol–water partition coefficient (Wildman–Crippen LogP) is 4.79. The lowest BCUT2D eigenvalue weighted by Gasteiger charge is -2.30. The summed E-state index contributed by atoms with van der Waals surface area (Å²) in [5, 5.41) is 18.3. The second kappa shape index (κ2) is 7.87. The highest BCUT2D eigenvalue weighted by molar-refractivity contribution is 6.30. The van der Waals surface area contributed by atoms with Crippen molar-refractivity contribution in [1.29, 1.82) is 0 Å². The summed E-state index contributed by atoms with van der Waals surface area (Å²) >= 11 is 6.14. The topological polar surface area (TPSA) is 62.5 Å². The zero-order valence-electron chi connectivity index (χ0n) is 15.5. The van der Waals surface area contributed by atoms with Gasteiger partial charge in [0, 0.05) is 22.8 Å². The molecule has 0 saturated heterocycles. The Morgan fingerprint density at radius 1 is 1.26 bits per heavy atom. The quantitative estimate of drug-likeness (QED) is 0.663. The van der Waals surface area contributed by atoms with E-state index in [2.05, 4.69) is 10.4 Å². The number of fused-ring (bicyclic) bond motifs is 1. The molecule has 1 unspecified atom stereocenters. The van der Waals surface area contributed by atoms with E-state index >= 15 is 0 Å². The highest BCUT2D eigenvalue weighted by Crippen LogP contribution is 2.30. The maximum Gasteiger partial charge on any atom is 0.165 e. The third-order valence-corrected chi connectivity index (χ3v) is 5.61. The van der Waals surface area contributed by atoms with Gasteiger partial charge in [-0.3, -0.25) is 0 Å². The molecule has 3 aromatic rings. The Morgan fingerprint density at radius 3 is 2.81 bits per heavy atom. The minimum Gasteiger partial charge on any atom is -0.393 e. The number of aromatic nitrogens is 3. The minimum atomic E-state index is -0.199. The fraction of sp³-hybridized carbons (Fsp3) is 0.429. The maximum absolute atomic E-state index is 9.58. The summed E-state index contributed by atoms with van der Waals surface area (Å²) in [5.74, 6) is 1.52. The first-order valence-electron chi connectivity index (χ1n) is 9.63. The lowest BCUT2D eigenvalue weighted by atomic mass is 9.83. The van der Waals surface area contributed by atoms with Gasteiger partial charge in [-0.15, -0.1) is 0 Å². The fourth-order valence-electron chi connectivity index (χ4n) is 4.04. The van der Waals surface area contributed by atoms with Gasteiger partial charge in [-0.1, -0.05) is 23.7 Å². The van der Waals surface area contributed by atoms with Crippen molar-refractivity contribution in [3.8, 4) is 11.1 Å². The highest BCUT2D eigenvalue weighted by atomic mass is 35.5. The van der Waals surface area contributed by atoms with Crippen LogP contribution in [-0.4, -0.2) is 31.9 Å². The third-order valence-electron chi connectivity index (χ3n) is 5.38. The molecule has 2 aromatic heterocycles. The van der Waals surface area contributed by atoms with E-state index < -0.39 is 0 Å². The van der Waals surface area contributed by atoms with Crippen molar-refractivity contribution in [2.24, 2.45) is 5.92 Å². The molecule has 0 bridgehead atoms. The molecule has 4 rings (SSSR count). The number of aliphatic hydroxyl groups is 1. The smallest absolute Gasteiger partial charge is 0.165 e. The lowest BCUT2D eigenvalue weighted by Crippen LogP contribution is -2.27. The summed E-state index contributed by atoms with van der Waals surface area (Å²) in [7, 11) is 0. The highest BCUT2D eigenvalue weighted by Gasteiger charge is 2.22. The van der Waals surface area contributed by atoms with Crippen molar-refractivity contribution < 1.29 is 5.11 Å². The molecule has 0 spiro atoms. The summed E-state index contributed by atoms with van der Waals surface area (Å²) in [6, 6.07) is 10.2. The first kappa shape index (κ1) is 18.3. The van der Waals surface area contributed by atoms with E-state index in [0.717, 1.165) is 54.7 Å². The zero-order valence-corrected chi connectivity index (χ0v) is 16.2. The van der Waals surface area contributed by atoms with E-state index in [-0.39, 0.29) is 6.10 Å². The van der Waals surface area contributed by atoms with Crippen molar-refractivity contribution in [2.45, 2.75) is 51.2 Å². The van der Waals surface area contributed by atoms with Crippen LogP contribution in [0, 0.1) is 5.92 Å². The number of hydrogen-bond donors (Lipinski definition) is 2. The van der Waals surface area contributed by atoms with E-state index in [4.69, 9.17) is 16.6 Å². The van der Waals surface area contributed by atoms with Gasteiger partial charge in [0.2, 0.25) is 0 Å². The van der Waals surface area contributed by atoms with Crippen LogP contribution in [0.2, 0.25) is 5.02 Å². The van der Waals surface area contributed by atoms with Gasteiger partial charge in [-0.05, 0) is 68.7 Å². The molecule has 142 valence electrons. The average Bonchev–Trinajstić information content (AvgIpc) is 3.06. The Bertz CT molecular complexity index is 915. The molecular weight excluding hydrogens is 360 g/mol. The van der Waals surface area contributed by atoms with Crippen molar-refractivity contribution in [3.05, 3.63) is 47.7 Å². The van der Waals surface area contributed by atoms with Gasteiger partial charge in [0.25, 0.3) is 0 Å². The zero-order chi connectivity index (χ0) is 18.8. The van der Waals surface area contributed by atoms with Gasteiger partial charge in [0.05, 0.1) is 12.3 Å².